The molecule has 0 fully saturated rings. The van der Waals surface area contributed by atoms with Gasteiger partial charge in [-0.2, -0.15) is 0 Å². The summed E-state index contributed by atoms with van der Waals surface area (Å²) in [6.45, 7) is 16.5. The zero-order valence-electron chi connectivity index (χ0n) is 17.2. The summed E-state index contributed by atoms with van der Waals surface area (Å²) in [6.07, 6.45) is 16.5. The highest BCUT2D eigenvalue weighted by atomic mass is 14.3. The van der Waals surface area contributed by atoms with Gasteiger partial charge >= 0.3 is 0 Å². The van der Waals surface area contributed by atoms with Gasteiger partial charge in [-0.15, -0.1) is 12.3 Å². The third-order valence-corrected chi connectivity index (χ3v) is 5.91. The molecule has 0 heterocycles. The maximum atomic E-state index is 5.76. The molecule has 6 atom stereocenters. The van der Waals surface area contributed by atoms with Crippen LogP contribution in [0.3, 0.4) is 0 Å². The second-order valence-corrected chi connectivity index (χ2v) is 8.44. The monoisotopic (exact) mass is 320 g/mol. The normalized spacial score (nSPS) is 19.4. The van der Waals surface area contributed by atoms with Gasteiger partial charge in [-0.1, -0.05) is 74.1 Å². The van der Waals surface area contributed by atoms with E-state index in [0.717, 1.165) is 23.7 Å². The highest BCUT2D eigenvalue weighted by Crippen LogP contribution is 2.33. The molecule has 0 spiro atoms. The molecule has 0 aromatic heterocycles. The van der Waals surface area contributed by atoms with E-state index in [2.05, 4.69) is 54.4 Å². The van der Waals surface area contributed by atoms with Gasteiger partial charge in [0.05, 0.1) is 0 Å². The smallest absolute Gasteiger partial charge is 0.0200 e. The molecule has 0 N–H and O–H groups in total. The lowest BCUT2D eigenvalue weighted by Gasteiger charge is -2.29. The Morgan fingerprint density at radius 3 is 1.87 bits per heavy atom. The Bertz CT molecular complexity index is 310. The van der Waals surface area contributed by atoms with E-state index in [1.165, 1.54) is 51.4 Å². The number of rotatable bonds is 13. The van der Waals surface area contributed by atoms with E-state index in [4.69, 9.17) is 6.42 Å². The van der Waals surface area contributed by atoms with Crippen LogP contribution in [0.25, 0.3) is 0 Å². The average Bonchev–Trinajstić information content (AvgIpc) is 2.52. The predicted molar refractivity (Wildman–Crippen MR) is 106 cm³/mol. The fourth-order valence-corrected chi connectivity index (χ4v) is 4.14. The van der Waals surface area contributed by atoms with Crippen molar-refractivity contribution < 1.29 is 0 Å². The fourth-order valence-electron chi connectivity index (χ4n) is 4.14. The lowest BCUT2D eigenvalue weighted by atomic mass is 9.76. The second-order valence-electron chi connectivity index (χ2n) is 8.44. The van der Waals surface area contributed by atoms with E-state index < -0.39 is 0 Å². The van der Waals surface area contributed by atoms with Crippen LogP contribution in [0.2, 0.25) is 0 Å². The Hall–Kier alpha value is -0.440. The maximum absolute atomic E-state index is 5.76. The van der Waals surface area contributed by atoms with Crippen LogP contribution in [-0.4, -0.2) is 0 Å². The first-order valence-corrected chi connectivity index (χ1v) is 10.3. The first kappa shape index (κ1) is 22.6. The lowest BCUT2D eigenvalue weighted by Crippen LogP contribution is -2.19. The van der Waals surface area contributed by atoms with Gasteiger partial charge < -0.3 is 0 Å². The molecule has 0 amide bonds. The van der Waals surface area contributed by atoms with Crippen LogP contribution in [0, 0.1) is 47.9 Å². The van der Waals surface area contributed by atoms with Crippen LogP contribution in [0.15, 0.2) is 0 Å². The van der Waals surface area contributed by atoms with E-state index in [9.17, 15) is 0 Å². The number of terminal acetylenes is 1. The van der Waals surface area contributed by atoms with Crippen molar-refractivity contribution in [3.63, 3.8) is 0 Å². The molecule has 0 saturated carbocycles. The summed E-state index contributed by atoms with van der Waals surface area (Å²) in [4.78, 5) is 0. The van der Waals surface area contributed by atoms with Crippen molar-refractivity contribution in [3.8, 4) is 12.3 Å². The van der Waals surface area contributed by atoms with Gasteiger partial charge in [-0.05, 0) is 55.3 Å². The zero-order chi connectivity index (χ0) is 17.8. The predicted octanol–water partition coefficient (Wildman–Crippen LogP) is 7.58. The van der Waals surface area contributed by atoms with Crippen molar-refractivity contribution in [2.24, 2.45) is 35.5 Å². The Balaban J connectivity index is 4.58. The minimum Gasteiger partial charge on any atom is -0.120 e. The SMILES string of the molecule is C#CC(C)C(CC(C)CC)CC(CC)CC(C)CC(C)CCC. The van der Waals surface area contributed by atoms with E-state index in [0.29, 0.717) is 11.8 Å². The van der Waals surface area contributed by atoms with Crippen molar-refractivity contribution in [3.05, 3.63) is 0 Å². The molecule has 0 heteroatoms. The molecule has 0 saturated heterocycles. The molecule has 0 nitrogen and oxygen atoms in total. The standard InChI is InChI=1S/C23H44/c1-9-13-19(6)14-20(7)15-22(12-4)17-23(21(8)11-3)16-18(5)10-2/h3,18-23H,9-10,12-17H2,1-2,4-8H3. The van der Waals surface area contributed by atoms with Crippen molar-refractivity contribution in [2.45, 2.75) is 99.8 Å². The Labute approximate surface area is 148 Å². The van der Waals surface area contributed by atoms with E-state index >= 15 is 0 Å². The second kappa shape index (κ2) is 12.9. The summed E-state index contributed by atoms with van der Waals surface area (Å²) in [5.74, 6) is 7.55. The molecule has 0 radical (unpaired) electrons. The minimum atomic E-state index is 0.423. The Morgan fingerprint density at radius 1 is 0.739 bits per heavy atom. The summed E-state index contributed by atoms with van der Waals surface area (Å²) in [6, 6.07) is 0. The summed E-state index contributed by atoms with van der Waals surface area (Å²) >= 11 is 0. The van der Waals surface area contributed by atoms with E-state index in [-0.39, 0.29) is 0 Å². The molecule has 136 valence electrons. The molecule has 0 bridgehead atoms. The third-order valence-electron chi connectivity index (χ3n) is 5.91. The third kappa shape index (κ3) is 10.1. The average molecular weight is 321 g/mol. The highest BCUT2D eigenvalue weighted by molar-refractivity contribution is 4.94. The van der Waals surface area contributed by atoms with Crippen LogP contribution in [0.1, 0.15) is 99.8 Å². The largest absolute Gasteiger partial charge is 0.120 e. The van der Waals surface area contributed by atoms with Gasteiger partial charge in [0, 0.05) is 5.92 Å². The van der Waals surface area contributed by atoms with Crippen LogP contribution in [0.5, 0.6) is 0 Å². The topological polar surface area (TPSA) is 0 Å². The molecule has 0 rings (SSSR count). The summed E-state index contributed by atoms with van der Waals surface area (Å²) in [7, 11) is 0. The van der Waals surface area contributed by atoms with Crippen LogP contribution in [0.4, 0.5) is 0 Å². The first-order valence-electron chi connectivity index (χ1n) is 10.3. The molecule has 23 heavy (non-hydrogen) atoms. The van der Waals surface area contributed by atoms with Crippen molar-refractivity contribution in [1.29, 1.82) is 0 Å². The summed E-state index contributed by atoms with van der Waals surface area (Å²) in [5.41, 5.74) is 0. The molecule has 0 aromatic rings. The highest BCUT2D eigenvalue weighted by Gasteiger charge is 2.23. The molecule has 0 aliphatic rings. The van der Waals surface area contributed by atoms with Crippen LogP contribution >= 0.6 is 0 Å². The molecule has 6 unspecified atom stereocenters. The minimum absolute atomic E-state index is 0.423. The molecular formula is C23H44. The first-order chi connectivity index (χ1) is 10.9. The van der Waals surface area contributed by atoms with Crippen molar-refractivity contribution in [2.75, 3.05) is 0 Å². The van der Waals surface area contributed by atoms with Gasteiger partial charge in [0.15, 0.2) is 0 Å². The van der Waals surface area contributed by atoms with Crippen LogP contribution < -0.4 is 0 Å². The summed E-state index contributed by atoms with van der Waals surface area (Å²) in [5, 5.41) is 0. The summed E-state index contributed by atoms with van der Waals surface area (Å²) < 4.78 is 0. The molecule has 0 aliphatic heterocycles. The van der Waals surface area contributed by atoms with Gasteiger partial charge in [0.2, 0.25) is 0 Å². The van der Waals surface area contributed by atoms with E-state index in [1.54, 1.807) is 0 Å². The molecule has 0 aliphatic carbocycles. The van der Waals surface area contributed by atoms with Crippen molar-refractivity contribution in [1.82, 2.24) is 0 Å². The van der Waals surface area contributed by atoms with Gasteiger partial charge in [-0.3, -0.25) is 0 Å². The number of hydrogen-bond donors (Lipinski definition) is 0. The van der Waals surface area contributed by atoms with Gasteiger partial charge in [0.25, 0.3) is 0 Å². The molecular weight excluding hydrogens is 276 g/mol. The Morgan fingerprint density at radius 2 is 1.39 bits per heavy atom. The van der Waals surface area contributed by atoms with Crippen molar-refractivity contribution >= 4 is 0 Å². The number of hydrogen-bond acceptors (Lipinski definition) is 0. The quantitative estimate of drug-likeness (QED) is 0.307. The van der Waals surface area contributed by atoms with Gasteiger partial charge in [0.1, 0.15) is 0 Å². The maximum Gasteiger partial charge on any atom is 0.0200 e. The molecule has 0 aromatic carbocycles. The van der Waals surface area contributed by atoms with Gasteiger partial charge in [-0.25, -0.2) is 0 Å². The van der Waals surface area contributed by atoms with E-state index in [1.807, 2.05) is 0 Å². The Kier molecular flexibility index (Phi) is 12.7. The lowest BCUT2D eigenvalue weighted by molar-refractivity contribution is 0.229. The fraction of sp³-hybridized carbons (Fsp3) is 0.913. The van der Waals surface area contributed by atoms with Crippen LogP contribution in [-0.2, 0) is 0 Å². The zero-order valence-corrected chi connectivity index (χ0v) is 17.2.